The summed E-state index contributed by atoms with van der Waals surface area (Å²) in [5, 5.41) is -0.108. The van der Waals surface area contributed by atoms with Gasteiger partial charge >= 0.3 is 21.7 Å². The summed E-state index contributed by atoms with van der Waals surface area (Å²) in [6.07, 6.45) is 0. The van der Waals surface area contributed by atoms with E-state index < -0.39 is 11.9 Å². The van der Waals surface area contributed by atoms with Crippen molar-refractivity contribution in [2.75, 3.05) is 12.4 Å². The second-order valence-corrected chi connectivity index (χ2v) is 7.11. The van der Waals surface area contributed by atoms with E-state index in [0.29, 0.717) is 21.0 Å². The van der Waals surface area contributed by atoms with Gasteiger partial charge in [-0.25, -0.2) is 4.79 Å². The first-order valence-electron chi connectivity index (χ1n) is 6.61. The van der Waals surface area contributed by atoms with Gasteiger partial charge in [-0.15, -0.1) is 11.8 Å². The van der Waals surface area contributed by atoms with E-state index in [9.17, 15) is 14.4 Å². The van der Waals surface area contributed by atoms with E-state index in [2.05, 4.69) is 4.98 Å². The Morgan fingerprint density at radius 2 is 2.18 bits per heavy atom. The average Bonchev–Trinajstić information content (AvgIpc) is 2.49. The largest absolute Gasteiger partial charge is 0.512 e. The summed E-state index contributed by atoms with van der Waals surface area (Å²) in [5.41, 5.74) is 0.854. The van der Waals surface area contributed by atoms with Gasteiger partial charge in [-0.1, -0.05) is 6.55 Å². The Labute approximate surface area is 138 Å². The van der Waals surface area contributed by atoms with E-state index in [1.807, 2.05) is 6.55 Å². The topological polar surface area (TPSA) is 84.9 Å². The lowest BCUT2D eigenvalue weighted by atomic mass is 10.0. The number of nitrogens with one attached hydrogen (secondary N) is 1. The lowest BCUT2D eigenvalue weighted by Gasteiger charge is -2.50. The van der Waals surface area contributed by atoms with Crippen molar-refractivity contribution in [3.8, 4) is 0 Å². The number of amides is 1. The van der Waals surface area contributed by atoms with E-state index in [4.69, 9.17) is 9.16 Å². The third-order valence-corrected chi connectivity index (χ3v) is 5.51. The number of carbonyl (C=O) groups is 3. The van der Waals surface area contributed by atoms with Gasteiger partial charge in [0.05, 0.1) is 0 Å². The van der Waals surface area contributed by atoms with Crippen molar-refractivity contribution in [3.63, 3.8) is 0 Å². The van der Waals surface area contributed by atoms with Crippen LogP contribution < -0.4 is 4.98 Å². The van der Waals surface area contributed by atoms with Crippen LogP contribution in [0.25, 0.3) is 0 Å². The molecule has 0 bridgehead atoms. The maximum atomic E-state index is 12.3. The van der Waals surface area contributed by atoms with Crippen LogP contribution in [-0.4, -0.2) is 66.0 Å². The maximum Gasteiger partial charge on any atom is 0.341 e. The lowest BCUT2D eigenvalue weighted by molar-refractivity contribution is -0.147. The van der Waals surface area contributed by atoms with Crippen LogP contribution in [0.2, 0.25) is 13.1 Å². The van der Waals surface area contributed by atoms with Crippen molar-refractivity contribution in [2.45, 2.75) is 31.4 Å². The number of carbonyl (C=O) groups excluding carboxylic acids is 3. The van der Waals surface area contributed by atoms with Crippen LogP contribution >= 0.6 is 11.8 Å². The number of thioether (sulfide) groups is 1. The summed E-state index contributed by atoms with van der Waals surface area (Å²) in [4.78, 5) is 40.1. The first kappa shape index (κ1) is 17.3. The molecule has 22 heavy (non-hydrogen) atoms. The molecule has 1 saturated heterocycles. The highest BCUT2D eigenvalue weighted by molar-refractivity contribution is 8.00. The molecule has 10 heteroatoms. The molecule has 0 aliphatic carbocycles. The minimum Gasteiger partial charge on any atom is -0.512 e. The van der Waals surface area contributed by atoms with E-state index in [1.54, 1.807) is 18.3 Å². The van der Waals surface area contributed by atoms with Gasteiger partial charge in [0, 0.05) is 18.2 Å². The normalized spacial score (nSPS) is 23.8. The Morgan fingerprint density at radius 3 is 2.77 bits per heavy atom. The van der Waals surface area contributed by atoms with E-state index in [-0.39, 0.29) is 39.4 Å². The van der Waals surface area contributed by atoms with Crippen molar-refractivity contribution in [1.29, 1.82) is 0 Å². The molecule has 1 N–H and O–H groups in total. The van der Waals surface area contributed by atoms with Gasteiger partial charge in [-0.05, 0) is 6.55 Å². The molecule has 1 fully saturated rings. The Kier molecular flexibility index (Phi) is 5.83. The minimum atomic E-state index is -0.529. The number of hydrogen-bond donors (Lipinski definition) is 1. The fourth-order valence-corrected chi connectivity index (χ4v) is 4.59. The van der Waals surface area contributed by atoms with Gasteiger partial charge < -0.3 is 14.1 Å². The third kappa shape index (κ3) is 3.29. The molecule has 0 spiro atoms. The highest BCUT2D eigenvalue weighted by Gasteiger charge is 2.53. The predicted molar refractivity (Wildman–Crippen MR) is 83.0 cm³/mol. The summed E-state index contributed by atoms with van der Waals surface area (Å²) in [7, 11) is 0.444. The van der Waals surface area contributed by atoms with Gasteiger partial charge in [-0.3, -0.25) is 14.5 Å². The summed E-state index contributed by atoms with van der Waals surface area (Å²) in [5.74, 6) is -0.562. The van der Waals surface area contributed by atoms with Crippen LogP contribution in [-0.2, 0) is 23.5 Å². The van der Waals surface area contributed by atoms with Crippen LogP contribution in [0, 0.1) is 0 Å². The van der Waals surface area contributed by atoms with Gasteiger partial charge in [0.15, 0.2) is 0 Å². The van der Waals surface area contributed by atoms with Crippen molar-refractivity contribution in [3.05, 3.63) is 11.3 Å². The van der Waals surface area contributed by atoms with Crippen LogP contribution in [0.1, 0.15) is 6.92 Å². The number of ether oxygens (including phenoxy) is 1. The number of esters is 1. The first-order valence-corrected chi connectivity index (χ1v) is 10.6. The molecule has 2 rings (SSSR count). The molecule has 0 unspecified atom stereocenters. The maximum absolute atomic E-state index is 12.3. The molecular weight excluding hydrogens is 340 g/mol. The molecule has 118 valence electrons. The summed E-state index contributed by atoms with van der Waals surface area (Å²) in [6.45, 7) is 5.00. The molecule has 0 aromatic carbocycles. The zero-order chi connectivity index (χ0) is 16.3. The van der Waals surface area contributed by atoms with E-state index >= 15 is 0 Å². The molecule has 0 aromatic heterocycles. The van der Waals surface area contributed by atoms with E-state index in [0.717, 1.165) is 0 Å². The number of hydrogen-bond acceptors (Lipinski definition) is 7. The van der Waals surface area contributed by atoms with Crippen molar-refractivity contribution in [1.82, 2.24) is 9.88 Å². The molecule has 4 radical (unpaired) electrons. The Hall–Kier alpha value is -1.11. The summed E-state index contributed by atoms with van der Waals surface area (Å²) >= 11 is 1.56. The Bertz CT molecular complexity index is 528. The third-order valence-electron chi connectivity index (χ3n) is 3.18. The monoisotopic (exact) mass is 356 g/mol. The molecule has 2 atom stereocenters. The Balaban J connectivity index is 2.25. The Morgan fingerprint density at radius 1 is 1.45 bits per heavy atom. The van der Waals surface area contributed by atoms with Crippen LogP contribution in [0.4, 0.5) is 0 Å². The molecule has 0 aromatic rings. The molecule has 1 amide bonds. The fourth-order valence-electron chi connectivity index (χ4n) is 2.27. The van der Waals surface area contributed by atoms with Crippen LogP contribution in [0.5, 0.6) is 0 Å². The molecular formula is C12H16N2O5SSi2. The quantitative estimate of drug-likeness (QED) is 0.392. The smallest absolute Gasteiger partial charge is 0.341 e. The van der Waals surface area contributed by atoms with Gasteiger partial charge in [0.2, 0.25) is 5.91 Å². The molecule has 0 saturated carbocycles. The zero-order valence-corrected chi connectivity index (χ0v) is 15.3. The standard InChI is InChI=1S/C12H16N2O5SSi2/c1-6(15)18-4-7-5-20-11-8(13-21-2)10(16)14(11)9(7)12(17)19-22-3/h8,11,13H,4-5H2,1-3H3/t8-,11-/m1/s1. The van der Waals surface area contributed by atoms with Crippen molar-refractivity contribution in [2.24, 2.45) is 0 Å². The fraction of sp³-hybridized carbons (Fsp3) is 0.583. The second kappa shape index (κ2) is 7.44. The lowest BCUT2D eigenvalue weighted by Crippen LogP contribution is -2.70. The highest BCUT2D eigenvalue weighted by Crippen LogP contribution is 2.40. The molecule has 2 heterocycles. The second-order valence-electron chi connectivity index (χ2n) is 4.61. The van der Waals surface area contributed by atoms with Crippen LogP contribution in [0.3, 0.4) is 0 Å². The summed E-state index contributed by atoms with van der Waals surface area (Å²) < 4.78 is 10.1. The summed E-state index contributed by atoms with van der Waals surface area (Å²) in [6, 6.07) is -0.268. The van der Waals surface area contributed by atoms with Gasteiger partial charge in [0.25, 0.3) is 0 Å². The SMILES string of the molecule is C[Si]N[C@@H]1C(=O)N2C(C(=O)O[Si]C)=C(COC(C)=O)CS[C@H]12. The minimum absolute atomic E-state index is 0.00369. The van der Waals surface area contributed by atoms with Gasteiger partial charge in [-0.2, -0.15) is 0 Å². The molecule has 2 aliphatic rings. The predicted octanol–water partition coefficient (Wildman–Crippen LogP) is -0.445. The highest BCUT2D eigenvalue weighted by atomic mass is 32.2. The van der Waals surface area contributed by atoms with Crippen molar-refractivity contribution < 1.29 is 23.5 Å². The zero-order valence-electron chi connectivity index (χ0n) is 12.5. The number of fused-ring (bicyclic) bond motifs is 1. The van der Waals surface area contributed by atoms with Crippen LogP contribution in [0.15, 0.2) is 11.3 Å². The number of β-lactam (4-membered cyclic amide) rings is 1. The molecule has 7 nitrogen and oxygen atoms in total. The molecule has 2 aliphatic heterocycles. The number of rotatable bonds is 6. The van der Waals surface area contributed by atoms with Crippen molar-refractivity contribution >= 4 is 49.1 Å². The van der Waals surface area contributed by atoms with E-state index in [1.165, 1.54) is 11.8 Å². The number of nitrogens with zero attached hydrogens (tertiary/aromatic N) is 1. The van der Waals surface area contributed by atoms with Gasteiger partial charge in [0.1, 0.15) is 33.4 Å². The first-order chi connectivity index (χ1) is 10.5. The average molecular weight is 357 g/mol.